The molecule has 2 rings (SSSR count). The molecule has 1 saturated carbocycles. The first-order chi connectivity index (χ1) is 17.4. The molecule has 10 heteroatoms. The van der Waals surface area contributed by atoms with Crippen LogP contribution in [0.15, 0.2) is 48.6 Å². The van der Waals surface area contributed by atoms with Gasteiger partial charge in [0, 0.05) is 11.5 Å². The minimum atomic E-state index is -4.40. The van der Waals surface area contributed by atoms with Crippen molar-refractivity contribution in [2.45, 2.75) is 56.8 Å². The van der Waals surface area contributed by atoms with Crippen molar-refractivity contribution >= 4 is 11.9 Å². The molecule has 2 N–H and O–H groups in total. The largest absolute Gasteiger partial charge is 0.461 e. The van der Waals surface area contributed by atoms with Gasteiger partial charge in [0.25, 0.3) is 0 Å². The van der Waals surface area contributed by atoms with Crippen LogP contribution in [0, 0.1) is 11.8 Å². The number of carbonyl (C=O) groups excluding carboxylic acids is 2. The maximum absolute atomic E-state index is 15.0. The van der Waals surface area contributed by atoms with E-state index in [0.717, 1.165) is 18.6 Å². The van der Waals surface area contributed by atoms with Crippen molar-refractivity contribution in [3.8, 4) is 0 Å². The Morgan fingerprint density at radius 2 is 1.38 bits per heavy atom. The lowest BCUT2D eigenvalue weighted by Gasteiger charge is -2.37. The fourth-order valence-electron chi connectivity index (χ4n) is 4.27. The third-order valence-corrected chi connectivity index (χ3v) is 6.89. The maximum Gasteiger partial charge on any atom is 0.335 e. The first kappa shape index (κ1) is 30.5. The van der Waals surface area contributed by atoms with Crippen LogP contribution in [-0.2, 0) is 25.0 Å². The Kier molecular flexibility index (Phi) is 10.9. The number of ether oxygens (including phenoxy) is 2. The minimum Gasteiger partial charge on any atom is -0.461 e. The van der Waals surface area contributed by atoms with Crippen LogP contribution in [0.4, 0.5) is 17.6 Å². The number of aliphatic hydroxyl groups is 2. The summed E-state index contributed by atoms with van der Waals surface area (Å²) in [6, 6.07) is 4.14. The van der Waals surface area contributed by atoms with Gasteiger partial charge in [-0.15, -0.1) is 0 Å². The zero-order valence-corrected chi connectivity index (χ0v) is 20.9. The number of hydrogen-bond donors (Lipinski definition) is 2. The molecule has 1 fully saturated rings. The molecule has 0 amide bonds. The van der Waals surface area contributed by atoms with Crippen molar-refractivity contribution in [2.75, 3.05) is 26.4 Å². The normalized spacial score (nSPS) is 18.4. The van der Waals surface area contributed by atoms with Gasteiger partial charge < -0.3 is 19.7 Å². The van der Waals surface area contributed by atoms with Crippen LogP contribution in [0.3, 0.4) is 0 Å². The van der Waals surface area contributed by atoms with Crippen molar-refractivity contribution in [3.05, 3.63) is 59.7 Å². The highest BCUT2D eigenvalue weighted by atomic mass is 19.3. The fraction of sp³-hybridized carbons (Fsp3) is 0.556. The summed E-state index contributed by atoms with van der Waals surface area (Å²) < 4.78 is 70.1. The van der Waals surface area contributed by atoms with Gasteiger partial charge in [-0.05, 0) is 37.2 Å². The van der Waals surface area contributed by atoms with E-state index in [1.165, 1.54) is 12.1 Å². The average Bonchev–Trinajstić information content (AvgIpc) is 2.91. The lowest BCUT2D eigenvalue weighted by atomic mass is 9.75. The summed E-state index contributed by atoms with van der Waals surface area (Å²) in [5, 5.41) is 18.0. The number of carbonyl (C=O) groups is 2. The topological polar surface area (TPSA) is 93.1 Å². The SMILES string of the molecule is C=C(CO)C(=O)OCC(COC(=O)C(=C)CO)c1ccc(C(F)(F)C(F)(F)C2CCC(CC)CC2)cc1. The summed E-state index contributed by atoms with van der Waals surface area (Å²) in [7, 11) is 0. The third-order valence-electron chi connectivity index (χ3n) is 6.89. The van der Waals surface area contributed by atoms with E-state index in [9.17, 15) is 18.4 Å². The quantitative estimate of drug-likeness (QED) is 0.214. The summed E-state index contributed by atoms with van der Waals surface area (Å²) in [4.78, 5) is 23.7. The van der Waals surface area contributed by atoms with Crippen LogP contribution in [0.5, 0.6) is 0 Å². The molecule has 0 unspecified atom stereocenters. The molecule has 0 bridgehead atoms. The van der Waals surface area contributed by atoms with Gasteiger partial charge in [-0.25, -0.2) is 9.59 Å². The predicted octanol–water partition coefficient (Wildman–Crippen LogP) is 4.90. The molecule has 1 aromatic rings. The lowest BCUT2D eigenvalue weighted by molar-refractivity contribution is -0.249. The smallest absolute Gasteiger partial charge is 0.335 e. The molecule has 6 nitrogen and oxygen atoms in total. The molecule has 0 spiro atoms. The number of rotatable bonds is 13. The average molecular weight is 531 g/mol. The van der Waals surface area contributed by atoms with Gasteiger partial charge in [0.1, 0.15) is 13.2 Å². The highest BCUT2D eigenvalue weighted by molar-refractivity contribution is 5.88. The van der Waals surface area contributed by atoms with Crippen molar-refractivity contribution in [3.63, 3.8) is 0 Å². The number of hydrogen-bond acceptors (Lipinski definition) is 6. The summed E-state index contributed by atoms with van der Waals surface area (Å²) in [5.41, 5.74) is -1.03. The Morgan fingerprint density at radius 3 is 1.78 bits per heavy atom. The molecule has 0 atom stereocenters. The Hall–Kier alpha value is -2.72. The molecule has 1 aliphatic carbocycles. The number of halogens is 4. The van der Waals surface area contributed by atoms with Crippen LogP contribution in [0.25, 0.3) is 0 Å². The Morgan fingerprint density at radius 1 is 0.919 bits per heavy atom. The van der Waals surface area contributed by atoms with Gasteiger partial charge in [0.15, 0.2) is 0 Å². The molecule has 206 valence electrons. The predicted molar refractivity (Wildman–Crippen MR) is 128 cm³/mol. The van der Waals surface area contributed by atoms with E-state index in [2.05, 4.69) is 13.2 Å². The Bertz CT molecular complexity index is 920. The monoisotopic (exact) mass is 530 g/mol. The van der Waals surface area contributed by atoms with E-state index in [4.69, 9.17) is 19.7 Å². The molecule has 0 aliphatic heterocycles. The maximum atomic E-state index is 15.0. The Labute approximate surface area is 214 Å². The fourth-order valence-corrected chi connectivity index (χ4v) is 4.27. The van der Waals surface area contributed by atoms with Crippen LogP contribution < -0.4 is 0 Å². The minimum absolute atomic E-state index is 0.0379. The molecular weight excluding hydrogens is 496 g/mol. The van der Waals surface area contributed by atoms with E-state index in [1.807, 2.05) is 6.92 Å². The van der Waals surface area contributed by atoms with Gasteiger partial charge in [0.05, 0.1) is 30.3 Å². The van der Waals surface area contributed by atoms with E-state index in [1.54, 1.807) is 0 Å². The first-order valence-electron chi connectivity index (χ1n) is 12.2. The highest BCUT2D eigenvalue weighted by Gasteiger charge is 2.61. The van der Waals surface area contributed by atoms with Crippen LogP contribution in [0.1, 0.15) is 56.1 Å². The number of alkyl halides is 4. The van der Waals surface area contributed by atoms with E-state index < -0.39 is 54.4 Å². The van der Waals surface area contributed by atoms with Gasteiger partial charge >= 0.3 is 23.8 Å². The molecule has 1 aromatic carbocycles. The number of benzene rings is 1. The highest BCUT2D eigenvalue weighted by Crippen LogP contribution is 2.52. The molecule has 1 aliphatic rings. The van der Waals surface area contributed by atoms with E-state index in [-0.39, 0.29) is 48.7 Å². The second-order valence-electron chi connectivity index (χ2n) is 9.36. The van der Waals surface area contributed by atoms with Gasteiger partial charge in [-0.3, -0.25) is 0 Å². The van der Waals surface area contributed by atoms with Crippen LogP contribution in [-0.4, -0.2) is 54.5 Å². The van der Waals surface area contributed by atoms with Crippen molar-refractivity contribution in [1.29, 1.82) is 0 Å². The zero-order valence-electron chi connectivity index (χ0n) is 20.9. The summed E-state index contributed by atoms with van der Waals surface area (Å²) in [6.07, 6.45) is 1.91. The number of esters is 2. The zero-order chi connectivity index (χ0) is 27.8. The van der Waals surface area contributed by atoms with Crippen LogP contribution >= 0.6 is 0 Å². The van der Waals surface area contributed by atoms with Gasteiger partial charge in [-0.2, -0.15) is 17.6 Å². The van der Waals surface area contributed by atoms with Crippen LogP contribution in [0.2, 0.25) is 0 Å². The van der Waals surface area contributed by atoms with Crippen molar-refractivity contribution in [2.24, 2.45) is 11.8 Å². The molecule has 0 saturated heterocycles. The molecule has 0 radical (unpaired) electrons. The second-order valence-corrected chi connectivity index (χ2v) is 9.36. The second kappa shape index (κ2) is 13.2. The van der Waals surface area contributed by atoms with Crippen molar-refractivity contribution < 1.29 is 46.8 Å². The van der Waals surface area contributed by atoms with E-state index >= 15 is 8.78 Å². The molecule has 0 aromatic heterocycles. The number of aliphatic hydroxyl groups excluding tert-OH is 2. The standard InChI is InChI=1S/C27H34F4O6/c1-4-19-5-9-22(10-6-19)26(28,29)27(30,31)23-11-7-20(8-12-23)21(15-36-24(34)17(2)13-32)16-37-25(35)18(3)14-33/h7-8,11-12,19,21-22,32-33H,2-6,9-10,13-16H2,1H3. The molecular formula is C27H34F4O6. The summed E-state index contributed by atoms with van der Waals surface area (Å²) in [5.74, 6) is -12.5. The molecule has 37 heavy (non-hydrogen) atoms. The van der Waals surface area contributed by atoms with Gasteiger partial charge in [-0.1, -0.05) is 50.8 Å². The summed E-state index contributed by atoms with van der Waals surface area (Å²) >= 11 is 0. The summed E-state index contributed by atoms with van der Waals surface area (Å²) in [6.45, 7) is 6.57. The third kappa shape index (κ3) is 7.41. The Balaban J connectivity index is 2.21. The van der Waals surface area contributed by atoms with Gasteiger partial charge in [0.2, 0.25) is 0 Å². The molecule has 0 heterocycles. The van der Waals surface area contributed by atoms with E-state index in [0.29, 0.717) is 12.8 Å². The first-order valence-corrected chi connectivity index (χ1v) is 12.2. The van der Waals surface area contributed by atoms with Crippen molar-refractivity contribution in [1.82, 2.24) is 0 Å². The lowest BCUT2D eigenvalue weighted by Crippen LogP contribution is -2.45.